The molecule has 1 aliphatic heterocycles. The van der Waals surface area contributed by atoms with E-state index in [1.807, 2.05) is 13.8 Å². The Morgan fingerprint density at radius 2 is 1.81 bits per heavy atom. The Labute approximate surface area is 186 Å². The molecule has 1 rings (SSSR count). The minimum Gasteiger partial charge on any atom is -0.463 e. The largest absolute Gasteiger partial charge is 0.463 e. The summed E-state index contributed by atoms with van der Waals surface area (Å²) in [6, 6.07) is 0. The van der Waals surface area contributed by atoms with Crippen LogP contribution in [0.1, 0.15) is 60.3 Å². The summed E-state index contributed by atoms with van der Waals surface area (Å²) in [7, 11) is -2.26. The van der Waals surface area contributed by atoms with Crippen molar-refractivity contribution in [1.29, 1.82) is 0 Å². The summed E-state index contributed by atoms with van der Waals surface area (Å²) in [5, 5.41) is 0.143. The quantitative estimate of drug-likeness (QED) is 0.154. The van der Waals surface area contributed by atoms with E-state index in [4.69, 9.17) is 28.0 Å². The summed E-state index contributed by atoms with van der Waals surface area (Å²) in [5.74, 6) is -0.621. The van der Waals surface area contributed by atoms with Gasteiger partial charge in [0.15, 0.2) is 6.29 Å². The molecule has 0 saturated carbocycles. The molecule has 0 N–H and O–H groups in total. The van der Waals surface area contributed by atoms with Crippen LogP contribution in [0.2, 0.25) is 0 Å². The third-order valence-electron chi connectivity index (χ3n) is 4.80. The van der Waals surface area contributed by atoms with Crippen LogP contribution in [0.25, 0.3) is 0 Å². The molecule has 1 saturated heterocycles. The molecule has 0 aromatic heterocycles. The lowest BCUT2D eigenvalue weighted by Gasteiger charge is -2.28. The molecular formula is C22H39O8P. The molecule has 9 heteroatoms. The minimum absolute atomic E-state index is 0.143. The predicted molar refractivity (Wildman–Crippen MR) is 119 cm³/mol. The van der Waals surface area contributed by atoms with Gasteiger partial charge in [0.1, 0.15) is 0 Å². The number of allylic oxidation sites excluding steroid dienone is 1. The SMILES string of the molecule is CCOC(=O)/C=C(\[C@H](CC(COC1CCCCO1)=C(C)C)OC)P(=O)(OCC)OCC. The summed E-state index contributed by atoms with van der Waals surface area (Å²) >= 11 is 0. The molecule has 1 fully saturated rings. The van der Waals surface area contributed by atoms with Crippen LogP contribution in [-0.2, 0) is 37.4 Å². The molecule has 0 aromatic carbocycles. The van der Waals surface area contributed by atoms with Crippen LogP contribution in [0.5, 0.6) is 0 Å². The van der Waals surface area contributed by atoms with Crippen molar-refractivity contribution in [3.63, 3.8) is 0 Å². The number of rotatable bonds is 14. The maximum Gasteiger partial charge on any atom is 0.360 e. The van der Waals surface area contributed by atoms with Gasteiger partial charge in [-0.25, -0.2) is 4.79 Å². The van der Waals surface area contributed by atoms with Gasteiger partial charge in [0, 0.05) is 26.2 Å². The molecule has 180 valence electrons. The number of methoxy groups -OCH3 is 1. The topological polar surface area (TPSA) is 89.5 Å². The van der Waals surface area contributed by atoms with Gasteiger partial charge >= 0.3 is 13.6 Å². The smallest absolute Gasteiger partial charge is 0.360 e. The first-order chi connectivity index (χ1) is 14.8. The van der Waals surface area contributed by atoms with E-state index in [0.717, 1.165) is 30.4 Å². The molecule has 0 spiro atoms. The van der Waals surface area contributed by atoms with Crippen molar-refractivity contribution in [2.75, 3.05) is 40.1 Å². The third kappa shape index (κ3) is 9.56. The van der Waals surface area contributed by atoms with Crippen molar-refractivity contribution >= 4 is 13.6 Å². The Kier molecular flexibility index (Phi) is 13.5. The van der Waals surface area contributed by atoms with Crippen molar-refractivity contribution in [2.45, 2.75) is 72.7 Å². The van der Waals surface area contributed by atoms with E-state index in [2.05, 4.69) is 0 Å². The summed E-state index contributed by atoms with van der Waals surface area (Å²) in [5.41, 5.74) is 2.02. The van der Waals surface area contributed by atoms with Gasteiger partial charge < -0.3 is 28.0 Å². The fourth-order valence-corrected chi connectivity index (χ4v) is 5.02. The molecule has 0 aromatic rings. The van der Waals surface area contributed by atoms with Gasteiger partial charge in [-0.1, -0.05) is 5.57 Å². The molecule has 1 unspecified atom stereocenters. The lowest BCUT2D eigenvalue weighted by Crippen LogP contribution is -2.25. The van der Waals surface area contributed by atoms with Crippen LogP contribution in [-0.4, -0.2) is 58.5 Å². The zero-order valence-corrected chi connectivity index (χ0v) is 20.7. The molecule has 2 atom stereocenters. The molecule has 31 heavy (non-hydrogen) atoms. The highest BCUT2D eigenvalue weighted by molar-refractivity contribution is 7.58. The van der Waals surface area contributed by atoms with Crippen molar-refractivity contribution < 1.29 is 37.4 Å². The average molecular weight is 463 g/mol. The number of hydrogen-bond donors (Lipinski definition) is 0. The van der Waals surface area contributed by atoms with Crippen LogP contribution in [0.4, 0.5) is 0 Å². The standard InChI is InChI=1S/C22H39O8P/c1-7-26-21(23)15-20(31(24,29-8-2)30-9-3)19(25-6)14-18(17(4)5)16-28-22-12-10-11-13-27-22/h15,19,22H,7-14,16H2,1-6H3/b20-15+/t19-,22?/m0/s1. The minimum atomic E-state index is -3.76. The first-order valence-corrected chi connectivity index (χ1v) is 12.5. The van der Waals surface area contributed by atoms with Crippen LogP contribution in [0, 0.1) is 0 Å². The maximum absolute atomic E-state index is 13.5. The van der Waals surface area contributed by atoms with Gasteiger partial charge in [0.05, 0.1) is 37.8 Å². The van der Waals surface area contributed by atoms with Crippen LogP contribution in [0.15, 0.2) is 22.5 Å². The average Bonchev–Trinajstić information content (AvgIpc) is 2.73. The normalized spacial score (nSPS) is 18.5. The first kappa shape index (κ1) is 28.0. The van der Waals surface area contributed by atoms with Gasteiger partial charge in [0.2, 0.25) is 0 Å². The van der Waals surface area contributed by atoms with Crippen molar-refractivity contribution in [3.05, 3.63) is 22.5 Å². The molecular weight excluding hydrogens is 423 g/mol. The highest BCUT2D eigenvalue weighted by Gasteiger charge is 2.37. The van der Waals surface area contributed by atoms with Gasteiger partial charge in [-0.2, -0.15) is 0 Å². The predicted octanol–water partition coefficient (Wildman–Crippen LogP) is 4.98. The van der Waals surface area contributed by atoms with Crippen molar-refractivity contribution in [1.82, 2.24) is 0 Å². The highest BCUT2D eigenvalue weighted by Crippen LogP contribution is 2.58. The molecule has 0 amide bonds. The lowest BCUT2D eigenvalue weighted by atomic mass is 10.0. The molecule has 1 aliphatic rings. The second-order valence-electron chi connectivity index (χ2n) is 7.29. The monoisotopic (exact) mass is 462 g/mol. The molecule has 0 bridgehead atoms. The van der Waals surface area contributed by atoms with Crippen molar-refractivity contribution in [3.8, 4) is 0 Å². The highest BCUT2D eigenvalue weighted by atomic mass is 31.2. The van der Waals surface area contributed by atoms with E-state index in [-0.39, 0.29) is 31.4 Å². The Balaban J connectivity index is 3.15. The Bertz CT molecular complexity index is 638. The zero-order valence-electron chi connectivity index (χ0n) is 19.8. The van der Waals surface area contributed by atoms with E-state index >= 15 is 0 Å². The first-order valence-electron chi connectivity index (χ1n) is 11.0. The van der Waals surface area contributed by atoms with Crippen LogP contribution in [0.3, 0.4) is 0 Å². The number of ether oxygens (including phenoxy) is 4. The van der Waals surface area contributed by atoms with Gasteiger partial charge in [-0.3, -0.25) is 4.57 Å². The molecule has 1 heterocycles. The third-order valence-corrected chi connectivity index (χ3v) is 7.05. The second kappa shape index (κ2) is 14.9. The zero-order chi connectivity index (χ0) is 23.3. The van der Waals surface area contributed by atoms with Gasteiger partial charge in [0.25, 0.3) is 0 Å². The van der Waals surface area contributed by atoms with E-state index in [1.54, 1.807) is 20.8 Å². The second-order valence-corrected chi connectivity index (χ2v) is 9.32. The summed E-state index contributed by atoms with van der Waals surface area (Å²) in [4.78, 5) is 12.2. The molecule has 8 nitrogen and oxygen atoms in total. The van der Waals surface area contributed by atoms with E-state index in [9.17, 15) is 9.36 Å². The fraction of sp³-hybridized carbons (Fsp3) is 0.773. The number of carbonyl (C=O) groups is 1. The summed E-state index contributed by atoms with van der Waals surface area (Å²) in [6.45, 7) is 10.7. The number of carbonyl (C=O) groups excluding carboxylic acids is 1. The fourth-order valence-electron chi connectivity index (χ4n) is 3.16. The lowest BCUT2D eigenvalue weighted by molar-refractivity contribution is -0.157. The Morgan fingerprint density at radius 3 is 2.29 bits per heavy atom. The van der Waals surface area contributed by atoms with Crippen LogP contribution >= 0.6 is 7.60 Å². The maximum atomic E-state index is 13.5. The van der Waals surface area contributed by atoms with Gasteiger partial charge in [-0.15, -0.1) is 0 Å². The summed E-state index contributed by atoms with van der Waals surface area (Å²) < 4.78 is 46.9. The molecule has 0 radical (unpaired) electrons. The van der Waals surface area contributed by atoms with Crippen molar-refractivity contribution in [2.24, 2.45) is 0 Å². The summed E-state index contributed by atoms with van der Waals surface area (Å²) in [6.07, 6.45) is 3.59. The number of esters is 1. The van der Waals surface area contributed by atoms with E-state index in [0.29, 0.717) is 19.6 Å². The Morgan fingerprint density at radius 1 is 1.13 bits per heavy atom. The molecule has 0 aliphatic carbocycles. The van der Waals surface area contributed by atoms with E-state index < -0.39 is 19.7 Å². The Hall–Kier alpha value is -1.02. The van der Waals surface area contributed by atoms with Crippen LogP contribution < -0.4 is 0 Å². The van der Waals surface area contributed by atoms with E-state index in [1.165, 1.54) is 13.2 Å². The van der Waals surface area contributed by atoms with Gasteiger partial charge in [-0.05, 0) is 59.5 Å². The number of hydrogen-bond acceptors (Lipinski definition) is 8.